The standard InChI is InChI=1S/C17H22N2O4S/c1-17(2,3)23-16(22)19-14-12(18-15(14)21)9-10-13(20)24-11-7-5-4-6-8-11/h4-8,12,14H,9-10H2,1-3H3,(H,18,21)(H,19,22)/t12-,14+/m1/s1. The zero-order valence-corrected chi connectivity index (χ0v) is 14.8. The summed E-state index contributed by atoms with van der Waals surface area (Å²) >= 11 is 1.18. The minimum Gasteiger partial charge on any atom is -0.444 e. The number of hydrogen-bond donors (Lipinski definition) is 2. The molecule has 2 rings (SSSR count). The van der Waals surface area contributed by atoms with Crippen LogP contribution < -0.4 is 10.6 Å². The van der Waals surface area contributed by atoms with Gasteiger partial charge in [0, 0.05) is 11.3 Å². The van der Waals surface area contributed by atoms with Crippen LogP contribution in [0.2, 0.25) is 0 Å². The number of nitrogens with one attached hydrogen (secondary N) is 2. The van der Waals surface area contributed by atoms with Crippen LogP contribution in [0.25, 0.3) is 0 Å². The van der Waals surface area contributed by atoms with Crippen LogP contribution in [0.15, 0.2) is 35.2 Å². The summed E-state index contributed by atoms with van der Waals surface area (Å²) in [6.45, 7) is 5.26. The lowest BCUT2D eigenvalue weighted by molar-refractivity contribution is -0.132. The third kappa shape index (κ3) is 5.56. The number of hydrogen-bond acceptors (Lipinski definition) is 5. The number of amides is 2. The highest BCUT2D eigenvalue weighted by atomic mass is 32.2. The van der Waals surface area contributed by atoms with Crippen LogP contribution in [-0.4, -0.2) is 34.8 Å². The molecule has 6 nitrogen and oxygen atoms in total. The van der Waals surface area contributed by atoms with E-state index in [4.69, 9.17) is 4.74 Å². The minimum absolute atomic E-state index is 0.0263. The summed E-state index contributed by atoms with van der Waals surface area (Å²) in [5.41, 5.74) is -0.623. The van der Waals surface area contributed by atoms with Crippen molar-refractivity contribution in [2.45, 2.75) is 56.2 Å². The molecule has 0 aliphatic carbocycles. The Hall–Kier alpha value is -2.02. The number of ether oxygens (including phenoxy) is 1. The van der Waals surface area contributed by atoms with Gasteiger partial charge in [0.05, 0.1) is 6.04 Å². The zero-order valence-electron chi connectivity index (χ0n) is 14.0. The van der Waals surface area contributed by atoms with Gasteiger partial charge in [-0.15, -0.1) is 0 Å². The Morgan fingerprint density at radius 2 is 1.92 bits per heavy atom. The van der Waals surface area contributed by atoms with E-state index in [0.29, 0.717) is 12.8 Å². The van der Waals surface area contributed by atoms with Crippen LogP contribution in [0, 0.1) is 0 Å². The Kier molecular flexibility index (Phi) is 5.88. The largest absolute Gasteiger partial charge is 0.444 e. The molecule has 7 heteroatoms. The third-order valence-electron chi connectivity index (χ3n) is 3.32. The molecule has 1 saturated heterocycles. The van der Waals surface area contributed by atoms with Gasteiger partial charge in [0.15, 0.2) is 5.12 Å². The smallest absolute Gasteiger partial charge is 0.408 e. The highest BCUT2D eigenvalue weighted by Gasteiger charge is 2.41. The summed E-state index contributed by atoms with van der Waals surface area (Å²) in [5, 5.41) is 5.29. The fraction of sp³-hybridized carbons (Fsp3) is 0.471. The fourth-order valence-electron chi connectivity index (χ4n) is 2.23. The van der Waals surface area contributed by atoms with Gasteiger partial charge in [-0.25, -0.2) is 4.79 Å². The first-order valence-corrected chi connectivity index (χ1v) is 8.62. The highest BCUT2D eigenvalue weighted by molar-refractivity contribution is 8.13. The van der Waals surface area contributed by atoms with Crippen molar-refractivity contribution >= 4 is 28.9 Å². The van der Waals surface area contributed by atoms with Crippen LogP contribution in [0.1, 0.15) is 33.6 Å². The first-order valence-electron chi connectivity index (χ1n) is 7.80. The van der Waals surface area contributed by atoms with E-state index in [1.807, 2.05) is 30.3 Å². The molecule has 1 fully saturated rings. The predicted octanol–water partition coefficient (Wildman–Crippen LogP) is 2.48. The van der Waals surface area contributed by atoms with Crippen molar-refractivity contribution in [2.75, 3.05) is 0 Å². The van der Waals surface area contributed by atoms with E-state index in [-0.39, 0.29) is 17.1 Å². The van der Waals surface area contributed by atoms with E-state index < -0.39 is 17.7 Å². The molecule has 24 heavy (non-hydrogen) atoms. The van der Waals surface area contributed by atoms with Crippen LogP contribution in [-0.2, 0) is 14.3 Å². The van der Waals surface area contributed by atoms with E-state index in [1.54, 1.807) is 20.8 Å². The number of alkyl carbamates (subject to hydrolysis) is 1. The van der Waals surface area contributed by atoms with Crippen LogP contribution in [0.4, 0.5) is 4.79 Å². The molecule has 0 aromatic heterocycles. The normalized spacial score (nSPS) is 19.9. The lowest BCUT2D eigenvalue weighted by Gasteiger charge is -2.37. The Balaban J connectivity index is 1.77. The van der Waals surface area contributed by atoms with E-state index in [0.717, 1.165) is 4.90 Å². The molecule has 0 spiro atoms. The van der Waals surface area contributed by atoms with Crippen LogP contribution in [0.5, 0.6) is 0 Å². The quantitative estimate of drug-likeness (QED) is 0.629. The van der Waals surface area contributed by atoms with Crippen molar-refractivity contribution < 1.29 is 19.1 Å². The van der Waals surface area contributed by atoms with Gasteiger partial charge in [-0.05, 0) is 39.3 Å². The van der Waals surface area contributed by atoms with Gasteiger partial charge in [-0.3, -0.25) is 9.59 Å². The number of carbonyl (C=O) groups excluding carboxylic acids is 3. The van der Waals surface area contributed by atoms with Crippen molar-refractivity contribution in [1.82, 2.24) is 10.6 Å². The molecule has 1 aliphatic rings. The summed E-state index contributed by atoms with van der Waals surface area (Å²) in [4.78, 5) is 36.2. The van der Waals surface area contributed by atoms with Crippen molar-refractivity contribution in [3.05, 3.63) is 30.3 Å². The molecule has 1 aromatic rings. The summed E-state index contributed by atoms with van der Waals surface area (Å²) in [6.07, 6.45) is 0.166. The Morgan fingerprint density at radius 3 is 2.50 bits per heavy atom. The number of benzene rings is 1. The molecule has 2 atom stereocenters. The first-order chi connectivity index (χ1) is 11.2. The summed E-state index contributed by atoms with van der Waals surface area (Å²) in [6, 6.07) is 8.51. The van der Waals surface area contributed by atoms with E-state index in [1.165, 1.54) is 11.8 Å². The Bertz CT molecular complexity index is 613. The monoisotopic (exact) mass is 350 g/mol. The van der Waals surface area contributed by atoms with Crippen molar-refractivity contribution in [3.8, 4) is 0 Å². The number of carbonyl (C=O) groups is 3. The Labute approximate surface area is 145 Å². The maximum Gasteiger partial charge on any atom is 0.408 e. The molecule has 2 amide bonds. The number of thioether (sulfide) groups is 1. The maximum absolute atomic E-state index is 12.0. The molecule has 0 saturated carbocycles. The average molecular weight is 350 g/mol. The maximum atomic E-state index is 12.0. The van der Waals surface area contributed by atoms with E-state index >= 15 is 0 Å². The van der Waals surface area contributed by atoms with Gasteiger partial charge in [-0.1, -0.05) is 30.0 Å². The highest BCUT2D eigenvalue weighted by Crippen LogP contribution is 2.22. The second kappa shape index (κ2) is 7.70. The molecule has 1 aliphatic heterocycles. The van der Waals surface area contributed by atoms with Gasteiger partial charge >= 0.3 is 6.09 Å². The van der Waals surface area contributed by atoms with Crippen molar-refractivity contribution in [3.63, 3.8) is 0 Å². The molecule has 1 aromatic carbocycles. The summed E-state index contributed by atoms with van der Waals surface area (Å²) in [5.74, 6) is -0.256. The number of β-lactam (4-membered cyclic amide) rings is 1. The summed E-state index contributed by atoms with van der Waals surface area (Å²) < 4.78 is 5.14. The van der Waals surface area contributed by atoms with Crippen molar-refractivity contribution in [1.29, 1.82) is 0 Å². The SMILES string of the molecule is CC(C)(C)OC(=O)N[C@@H]1C(=O)N[C@@H]1CCC(=O)Sc1ccccc1. The topological polar surface area (TPSA) is 84.5 Å². The summed E-state index contributed by atoms with van der Waals surface area (Å²) in [7, 11) is 0. The molecule has 0 radical (unpaired) electrons. The lowest BCUT2D eigenvalue weighted by Crippen LogP contribution is -2.69. The first kappa shape index (κ1) is 18.3. The fourth-order valence-corrected chi connectivity index (χ4v) is 3.00. The zero-order chi connectivity index (χ0) is 17.7. The molecule has 0 unspecified atom stereocenters. The van der Waals surface area contributed by atoms with Gasteiger partial charge in [0.1, 0.15) is 11.6 Å². The number of rotatable bonds is 5. The van der Waals surface area contributed by atoms with Crippen molar-refractivity contribution in [2.24, 2.45) is 0 Å². The van der Waals surface area contributed by atoms with Crippen LogP contribution >= 0.6 is 11.8 Å². The molecule has 0 bridgehead atoms. The minimum atomic E-state index is -0.644. The molecule has 2 N–H and O–H groups in total. The third-order valence-corrected chi connectivity index (χ3v) is 4.26. The molecular weight excluding hydrogens is 328 g/mol. The molecular formula is C17H22N2O4S. The average Bonchev–Trinajstić information content (AvgIpc) is 2.48. The van der Waals surface area contributed by atoms with Gasteiger partial charge in [0.2, 0.25) is 5.91 Å². The van der Waals surface area contributed by atoms with E-state index in [2.05, 4.69) is 10.6 Å². The lowest BCUT2D eigenvalue weighted by atomic mass is 9.95. The van der Waals surface area contributed by atoms with Crippen LogP contribution in [0.3, 0.4) is 0 Å². The second-order valence-electron chi connectivity index (χ2n) is 6.56. The van der Waals surface area contributed by atoms with Gasteiger partial charge in [0.25, 0.3) is 0 Å². The van der Waals surface area contributed by atoms with Gasteiger partial charge in [-0.2, -0.15) is 0 Å². The Morgan fingerprint density at radius 1 is 1.25 bits per heavy atom. The molecule has 130 valence electrons. The molecule has 1 heterocycles. The van der Waals surface area contributed by atoms with Gasteiger partial charge < -0.3 is 15.4 Å². The second-order valence-corrected chi connectivity index (χ2v) is 7.70. The van der Waals surface area contributed by atoms with E-state index in [9.17, 15) is 14.4 Å². The predicted molar refractivity (Wildman–Crippen MR) is 91.6 cm³/mol.